The van der Waals surface area contributed by atoms with Gasteiger partial charge >= 0.3 is 0 Å². The highest BCUT2D eigenvalue weighted by molar-refractivity contribution is 6.35. The van der Waals surface area contributed by atoms with Crippen LogP contribution in [0.4, 0.5) is 0 Å². The van der Waals surface area contributed by atoms with Crippen molar-refractivity contribution < 1.29 is 14.3 Å². The molecule has 2 heterocycles. The highest BCUT2D eigenvalue weighted by atomic mass is 16.5. The second kappa shape index (κ2) is 9.47. The first-order chi connectivity index (χ1) is 14.0. The molecule has 1 aromatic rings. The third-order valence-corrected chi connectivity index (χ3v) is 5.94. The Kier molecular flexibility index (Phi) is 6.99. The van der Waals surface area contributed by atoms with Crippen LogP contribution in [-0.4, -0.2) is 48.4 Å². The van der Waals surface area contributed by atoms with E-state index in [9.17, 15) is 9.59 Å². The van der Waals surface area contributed by atoms with Crippen LogP contribution in [0.3, 0.4) is 0 Å². The highest BCUT2D eigenvalue weighted by Crippen LogP contribution is 2.35. The minimum absolute atomic E-state index is 0.126. The monoisotopic (exact) mass is 398 g/mol. The van der Waals surface area contributed by atoms with Gasteiger partial charge in [0.25, 0.3) is 11.8 Å². The molecule has 3 rings (SSSR count). The molecule has 5 nitrogen and oxygen atoms in total. The Balaban J connectivity index is 1.94. The van der Waals surface area contributed by atoms with Gasteiger partial charge in [-0.1, -0.05) is 52.2 Å². The molecule has 0 radical (unpaired) electrons. The van der Waals surface area contributed by atoms with E-state index in [2.05, 4.69) is 25.7 Å². The van der Waals surface area contributed by atoms with Crippen LogP contribution >= 0.6 is 0 Å². The molecule has 1 saturated heterocycles. The molecule has 0 spiro atoms. The third-order valence-electron chi connectivity index (χ3n) is 5.94. The predicted octanol–water partition coefficient (Wildman–Crippen LogP) is 4.33. The molecule has 29 heavy (non-hydrogen) atoms. The Labute approximate surface area is 174 Å². The summed E-state index contributed by atoms with van der Waals surface area (Å²) in [6.07, 6.45) is 5.32. The van der Waals surface area contributed by atoms with Crippen molar-refractivity contribution in [1.82, 2.24) is 9.80 Å². The summed E-state index contributed by atoms with van der Waals surface area (Å²) < 4.78 is 5.26. The number of carbonyl (C=O) groups is 2. The summed E-state index contributed by atoms with van der Waals surface area (Å²) in [5, 5.41) is 0. The number of amides is 2. The van der Waals surface area contributed by atoms with E-state index >= 15 is 0 Å². The quantitative estimate of drug-likeness (QED) is 0.483. The van der Waals surface area contributed by atoms with Crippen molar-refractivity contribution in [3.8, 4) is 5.75 Å². The van der Waals surface area contributed by atoms with Crippen LogP contribution < -0.4 is 4.74 Å². The minimum Gasteiger partial charge on any atom is -0.497 e. The molecule has 5 heteroatoms. The molecule has 2 amide bonds. The van der Waals surface area contributed by atoms with E-state index in [1.807, 2.05) is 24.3 Å². The minimum atomic E-state index is -0.155. The molecule has 0 bridgehead atoms. The van der Waals surface area contributed by atoms with Gasteiger partial charge in [-0.25, -0.2) is 0 Å². The van der Waals surface area contributed by atoms with Gasteiger partial charge in [0.2, 0.25) is 0 Å². The molecule has 2 atom stereocenters. The van der Waals surface area contributed by atoms with Gasteiger partial charge in [0.1, 0.15) is 11.4 Å². The summed E-state index contributed by atoms with van der Waals surface area (Å²) in [6, 6.07) is 7.47. The topological polar surface area (TPSA) is 49.9 Å². The predicted molar refractivity (Wildman–Crippen MR) is 115 cm³/mol. The van der Waals surface area contributed by atoms with E-state index < -0.39 is 0 Å². The van der Waals surface area contributed by atoms with Crippen LogP contribution in [0.5, 0.6) is 5.75 Å². The second-order valence-corrected chi connectivity index (χ2v) is 8.63. The first-order valence-electron chi connectivity index (χ1n) is 11.0. The van der Waals surface area contributed by atoms with Crippen molar-refractivity contribution in [3.05, 3.63) is 35.5 Å². The van der Waals surface area contributed by atoms with Crippen LogP contribution in [-0.2, 0) is 9.59 Å². The number of carbonyl (C=O) groups excluding carboxylic acids is 2. The standard InChI is InChI=1S/C24H34N2O3/c1-5-6-7-8-13-26-23(27)21(19-9-11-20(29-4)12-10-19)22(24(26)28)25-15-17(2)14-18(3)16-25/h9-12,17-18H,5-8,13-16H2,1-4H3. The number of piperidine rings is 1. The van der Waals surface area contributed by atoms with Gasteiger partial charge in [-0.15, -0.1) is 0 Å². The number of imide groups is 1. The largest absolute Gasteiger partial charge is 0.497 e. The Morgan fingerprint density at radius 1 is 0.966 bits per heavy atom. The Bertz CT molecular complexity index is 759. The van der Waals surface area contributed by atoms with Crippen molar-refractivity contribution in [1.29, 1.82) is 0 Å². The van der Waals surface area contributed by atoms with Crippen LogP contribution in [0.15, 0.2) is 30.0 Å². The van der Waals surface area contributed by atoms with Gasteiger partial charge in [0, 0.05) is 19.6 Å². The zero-order valence-electron chi connectivity index (χ0n) is 18.2. The molecule has 0 saturated carbocycles. The molecule has 2 aliphatic heterocycles. The molecular formula is C24H34N2O3. The number of methoxy groups -OCH3 is 1. The van der Waals surface area contributed by atoms with Gasteiger partial charge in [-0.05, 0) is 42.4 Å². The number of hydrogen-bond acceptors (Lipinski definition) is 4. The Hall–Kier alpha value is -2.30. The van der Waals surface area contributed by atoms with Crippen molar-refractivity contribution >= 4 is 17.4 Å². The smallest absolute Gasteiger partial charge is 0.277 e. The number of benzene rings is 1. The van der Waals surface area contributed by atoms with Crippen LogP contribution in [0.2, 0.25) is 0 Å². The normalized spacial score (nSPS) is 22.6. The number of likely N-dealkylation sites (tertiary alicyclic amines) is 1. The highest BCUT2D eigenvalue weighted by Gasteiger charge is 2.42. The number of unbranched alkanes of at least 4 members (excludes halogenated alkanes) is 3. The Morgan fingerprint density at radius 2 is 1.62 bits per heavy atom. The lowest BCUT2D eigenvalue weighted by Gasteiger charge is -2.37. The molecule has 0 aliphatic carbocycles. The molecule has 0 aromatic heterocycles. The molecular weight excluding hydrogens is 364 g/mol. The molecule has 1 fully saturated rings. The van der Waals surface area contributed by atoms with Gasteiger partial charge in [-0.2, -0.15) is 0 Å². The second-order valence-electron chi connectivity index (χ2n) is 8.63. The summed E-state index contributed by atoms with van der Waals surface area (Å²) in [4.78, 5) is 30.3. The lowest BCUT2D eigenvalue weighted by molar-refractivity contribution is -0.137. The van der Waals surface area contributed by atoms with Crippen LogP contribution in [0.25, 0.3) is 5.57 Å². The van der Waals surface area contributed by atoms with Crippen molar-refractivity contribution in [2.24, 2.45) is 11.8 Å². The van der Waals surface area contributed by atoms with Crippen molar-refractivity contribution in [2.75, 3.05) is 26.7 Å². The first kappa shape index (κ1) is 21.4. The molecule has 2 unspecified atom stereocenters. The number of hydrogen-bond donors (Lipinski definition) is 0. The van der Waals surface area contributed by atoms with Crippen molar-refractivity contribution in [3.63, 3.8) is 0 Å². The van der Waals surface area contributed by atoms with E-state index in [-0.39, 0.29) is 11.8 Å². The average molecular weight is 399 g/mol. The molecule has 1 aromatic carbocycles. The van der Waals surface area contributed by atoms with E-state index in [1.54, 1.807) is 7.11 Å². The summed E-state index contributed by atoms with van der Waals surface area (Å²) >= 11 is 0. The van der Waals surface area contributed by atoms with Gasteiger partial charge in [0.05, 0.1) is 12.7 Å². The summed E-state index contributed by atoms with van der Waals surface area (Å²) in [6.45, 7) is 8.75. The zero-order valence-corrected chi connectivity index (χ0v) is 18.2. The fourth-order valence-corrected chi connectivity index (χ4v) is 4.62. The number of rotatable bonds is 8. The van der Waals surface area contributed by atoms with Gasteiger partial charge in [-0.3, -0.25) is 14.5 Å². The van der Waals surface area contributed by atoms with E-state index in [1.165, 1.54) is 4.90 Å². The van der Waals surface area contributed by atoms with Crippen LogP contribution in [0, 0.1) is 11.8 Å². The zero-order chi connectivity index (χ0) is 21.0. The molecule has 2 aliphatic rings. The molecule has 158 valence electrons. The van der Waals surface area contributed by atoms with Crippen LogP contribution in [0.1, 0.15) is 58.4 Å². The average Bonchev–Trinajstić information content (AvgIpc) is 2.95. The number of nitrogens with zero attached hydrogens (tertiary/aromatic N) is 2. The molecule has 0 N–H and O–H groups in total. The van der Waals surface area contributed by atoms with Gasteiger partial charge < -0.3 is 9.64 Å². The van der Waals surface area contributed by atoms with Gasteiger partial charge in [0.15, 0.2) is 0 Å². The maximum absolute atomic E-state index is 13.4. The van der Waals surface area contributed by atoms with Crippen molar-refractivity contribution in [2.45, 2.75) is 52.9 Å². The van der Waals surface area contributed by atoms with E-state index in [0.717, 1.165) is 56.5 Å². The van der Waals surface area contributed by atoms with E-state index in [4.69, 9.17) is 4.74 Å². The fraction of sp³-hybridized carbons (Fsp3) is 0.583. The fourth-order valence-electron chi connectivity index (χ4n) is 4.62. The maximum atomic E-state index is 13.4. The SMILES string of the molecule is CCCCCCN1C(=O)C(c2ccc(OC)cc2)=C(N2CC(C)CC(C)C2)C1=O. The summed E-state index contributed by atoms with van der Waals surface area (Å²) in [7, 11) is 1.62. The first-order valence-corrected chi connectivity index (χ1v) is 11.0. The third kappa shape index (κ3) is 4.65. The summed E-state index contributed by atoms with van der Waals surface area (Å²) in [5.74, 6) is 1.47. The Morgan fingerprint density at radius 3 is 2.21 bits per heavy atom. The summed E-state index contributed by atoms with van der Waals surface area (Å²) in [5.41, 5.74) is 1.93. The lowest BCUT2D eigenvalue weighted by Crippen LogP contribution is -2.42. The lowest BCUT2D eigenvalue weighted by atomic mass is 9.91. The number of ether oxygens (including phenoxy) is 1. The van der Waals surface area contributed by atoms with E-state index in [0.29, 0.717) is 29.7 Å². The maximum Gasteiger partial charge on any atom is 0.277 e.